The predicted molar refractivity (Wildman–Crippen MR) is 78.9 cm³/mol. The van der Waals surface area contributed by atoms with E-state index in [0.29, 0.717) is 5.02 Å². The smallest absolute Gasteiger partial charge is 0.135 e. The van der Waals surface area contributed by atoms with Crippen molar-refractivity contribution in [3.63, 3.8) is 0 Å². The van der Waals surface area contributed by atoms with Crippen LogP contribution in [0.1, 0.15) is 25.1 Å². The Morgan fingerprint density at radius 1 is 1.33 bits per heavy atom. The largest absolute Gasteiger partial charge is 0.459 e. The molecule has 0 bridgehead atoms. The van der Waals surface area contributed by atoms with E-state index in [2.05, 4.69) is 28.2 Å². The summed E-state index contributed by atoms with van der Waals surface area (Å²) in [5, 5.41) is 3.94. The van der Waals surface area contributed by atoms with E-state index in [4.69, 9.17) is 16.0 Å². The number of rotatable bonds is 4. The number of furan rings is 1. The second kappa shape index (κ2) is 5.91. The first kappa shape index (κ1) is 13.7. The van der Waals surface area contributed by atoms with Gasteiger partial charge in [-0.25, -0.2) is 0 Å². The van der Waals surface area contributed by atoms with Gasteiger partial charge in [0.2, 0.25) is 0 Å². The van der Waals surface area contributed by atoms with E-state index in [1.165, 1.54) is 0 Å². The van der Waals surface area contributed by atoms with Crippen LogP contribution in [0.4, 0.5) is 0 Å². The van der Waals surface area contributed by atoms with Crippen LogP contribution in [0.3, 0.4) is 0 Å². The van der Waals surface area contributed by atoms with E-state index in [0.717, 1.165) is 28.0 Å². The molecule has 96 valence electrons. The number of hydrogen-bond donors (Lipinski definition) is 1. The van der Waals surface area contributed by atoms with Crippen molar-refractivity contribution in [3.8, 4) is 11.3 Å². The molecule has 1 aromatic carbocycles. The van der Waals surface area contributed by atoms with Gasteiger partial charge in [-0.15, -0.1) is 0 Å². The van der Waals surface area contributed by atoms with E-state index in [-0.39, 0.29) is 6.04 Å². The number of benzene rings is 1. The SMILES string of the molecule is CCC(NC)c1ccc(-c2ccc(Cl)cc2Br)o1. The van der Waals surface area contributed by atoms with E-state index in [1.54, 1.807) is 0 Å². The fourth-order valence-corrected chi connectivity index (χ4v) is 2.80. The molecule has 0 saturated heterocycles. The number of hydrogen-bond acceptors (Lipinski definition) is 2. The van der Waals surface area contributed by atoms with Gasteiger partial charge in [0, 0.05) is 15.1 Å². The molecule has 2 aromatic rings. The van der Waals surface area contributed by atoms with Crippen LogP contribution >= 0.6 is 27.5 Å². The summed E-state index contributed by atoms with van der Waals surface area (Å²) >= 11 is 9.44. The Kier molecular flexibility index (Phi) is 4.49. The molecule has 0 amide bonds. The van der Waals surface area contributed by atoms with E-state index in [9.17, 15) is 0 Å². The number of halogens is 2. The normalized spacial score (nSPS) is 12.7. The average molecular weight is 329 g/mol. The highest BCUT2D eigenvalue weighted by Gasteiger charge is 2.13. The predicted octanol–water partition coefficient (Wildman–Crippen LogP) is 5.03. The second-order valence-electron chi connectivity index (χ2n) is 4.08. The molecule has 0 aliphatic rings. The number of nitrogens with one attached hydrogen (secondary N) is 1. The van der Waals surface area contributed by atoms with Gasteiger partial charge < -0.3 is 9.73 Å². The van der Waals surface area contributed by atoms with E-state index < -0.39 is 0 Å². The van der Waals surface area contributed by atoms with Crippen LogP contribution in [-0.4, -0.2) is 7.05 Å². The Bertz CT molecular complexity index is 534. The Balaban J connectivity index is 2.34. The molecular formula is C14H15BrClNO. The fraction of sp³-hybridized carbons (Fsp3) is 0.286. The Hall–Kier alpha value is -0.770. The van der Waals surface area contributed by atoms with Crippen molar-refractivity contribution in [3.05, 3.63) is 45.6 Å². The van der Waals surface area contributed by atoms with Crippen LogP contribution in [0.25, 0.3) is 11.3 Å². The fourth-order valence-electron chi connectivity index (χ4n) is 1.92. The summed E-state index contributed by atoms with van der Waals surface area (Å²) in [5.41, 5.74) is 1.01. The Morgan fingerprint density at radius 3 is 2.72 bits per heavy atom. The highest BCUT2D eigenvalue weighted by molar-refractivity contribution is 9.10. The topological polar surface area (TPSA) is 25.2 Å². The molecule has 0 radical (unpaired) electrons. The lowest BCUT2D eigenvalue weighted by atomic mass is 10.1. The van der Waals surface area contributed by atoms with Crippen molar-refractivity contribution in [2.75, 3.05) is 7.05 Å². The zero-order chi connectivity index (χ0) is 13.1. The average Bonchev–Trinajstić information content (AvgIpc) is 2.80. The van der Waals surface area contributed by atoms with Gasteiger partial charge in [0.25, 0.3) is 0 Å². The maximum atomic E-state index is 5.93. The molecule has 0 fully saturated rings. The van der Waals surface area contributed by atoms with Crippen molar-refractivity contribution < 1.29 is 4.42 Å². The third kappa shape index (κ3) is 2.79. The van der Waals surface area contributed by atoms with Crippen molar-refractivity contribution in [1.82, 2.24) is 5.32 Å². The molecule has 0 saturated carbocycles. The summed E-state index contributed by atoms with van der Waals surface area (Å²) in [6, 6.07) is 9.94. The lowest BCUT2D eigenvalue weighted by Crippen LogP contribution is -2.14. The minimum atomic E-state index is 0.254. The molecule has 18 heavy (non-hydrogen) atoms. The molecule has 1 aromatic heterocycles. The van der Waals surface area contributed by atoms with Crippen LogP contribution in [0.2, 0.25) is 5.02 Å². The minimum Gasteiger partial charge on any atom is -0.459 e. The first-order valence-electron chi connectivity index (χ1n) is 5.88. The maximum absolute atomic E-state index is 5.93. The van der Waals surface area contributed by atoms with Gasteiger partial charge in [-0.3, -0.25) is 0 Å². The van der Waals surface area contributed by atoms with Gasteiger partial charge in [0.05, 0.1) is 6.04 Å². The zero-order valence-electron chi connectivity index (χ0n) is 10.3. The molecule has 2 rings (SSSR count). The molecule has 2 nitrogen and oxygen atoms in total. The van der Waals surface area contributed by atoms with Gasteiger partial charge in [-0.05, 0) is 59.7 Å². The summed E-state index contributed by atoms with van der Waals surface area (Å²) in [6.45, 7) is 2.13. The summed E-state index contributed by atoms with van der Waals surface area (Å²) in [4.78, 5) is 0. The third-order valence-electron chi connectivity index (χ3n) is 2.92. The molecular weight excluding hydrogens is 314 g/mol. The first-order chi connectivity index (χ1) is 8.65. The zero-order valence-corrected chi connectivity index (χ0v) is 12.7. The van der Waals surface area contributed by atoms with Gasteiger partial charge in [0.15, 0.2) is 0 Å². The highest BCUT2D eigenvalue weighted by atomic mass is 79.9. The van der Waals surface area contributed by atoms with Crippen LogP contribution in [0.15, 0.2) is 39.2 Å². The van der Waals surface area contributed by atoms with Gasteiger partial charge in [-0.2, -0.15) is 0 Å². The Labute approximate surface area is 120 Å². The first-order valence-corrected chi connectivity index (χ1v) is 7.05. The minimum absolute atomic E-state index is 0.254. The van der Waals surface area contributed by atoms with Crippen LogP contribution in [0.5, 0.6) is 0 Å². The monoisotopic (exact) mass is 327 g/mol. The lowest BCUT2D eigenvalue weighted by molar-refractivity contribution is 0.431. The molecule has 1 N–H and O–H groups in total. The molecule has 1 unspecified atom stereocenters. The quantitative estimate of drug-likeness (QED) is 0.851. The summed E-state index contributed by atoms with van der Waals surface area (Å²) < 4.78 is 6.84. The molecule has 0 aliphatic heterocycles. The maximum Gasteiger partial charge on any atom is 0.135 e. The second-order valence-corrected chi connectivity index (χ2v) is 5.37. The summed E-state index contributed by atoms with van der Waals surface area (Å²) in [7, 11) is 1.94. The van der Waals surface area contributed by atoms with E-state index in [1.807, 2.05) is 37.4 Å². The standard InChI is InChI=1S/C14H15BrClNO/c1-3-12(17-2)14-7-6-13(18-14)10-5-4-9(16)8-11(10)15/h4-8,12,17H,3H2,1-2H3. The van der Waals surface area contributed by atoms with Crippen molar-refractivity contribution in [1.29, 1.82) is 0 Å². The van der Waals surface area contributed by atoms with Crippen LogP contribution in [0, 0.1) is 0 Å². The molecule has 0 aliphatic carbocycles. The molecule has 0 spiro atoms. The van der Waals surface area contributed by atoms with Crippen molar-refractivity contribution in [2.45, 2.75) is 19.4 Å². The van der Waals surface area contributed by atoms with Crippen LogP contribution < -0.4 is 5.32 Å². The summed E-state index contributed by atoms with van der Waals surface area (Å²) in [5.74, 6) is 1.80. The van der Waals surface area contributed by atoms with Crippen LogP contribution in [-0.2, 0) is 0 Å². The Morgan fingerprint density at radius 2 is 2.11 bits per heavy atom. The van der Waals surface area contributed by atoms with Gasteiger partial charge >= 0.3 is 0 Å². The molecule has 1 heterocycles. The van der Waals surface area contributed by atoms with Gasteiger partial charge in [-0.1, -0.05) is 18.5 Å². The molecule has 1 atom stereocenters. The third-order valence-corrected chi connectivity index (χ3v) is 3.81. The van der Waals surface area contributed by atoms with Crippen molar-refractivity contribution >= 4 is 27.5 Å². The molecule has 4 heteroatoms. The highest BCUT2D eigenvalue weighted by Crippen LogP contribution is 2.33. The van der Waals surface area contributed by atoms with Gasteiger partial charge in [0.1, 0.15) is 11.5 Å². The lowest BCUT2D eigenvalue weighted by Gasteiger charge is -2.10. The van der Waals surface area contributed by atoms with Crippen molar-refractivity contribution in [2.24, 2.45) is 0 Å². The van der Waals surface area contributed by atoms with E-state index >= 15 is 0 Å². The summed E-state index contributed by atoms with van der Waals surface area (Å²) in [6.07, 6.45) is 0.991.